The first kappa shape index (κ1) is 24.2. The number of allylic oxidation sites excluding steroid dienone is 2. The number of hydrogen-bond acceptors (Lipinski definition) is 3. The fraction of sp³-hybridized carbons (Fsp3) is 0.864. The summed E-state index contributed by atoms with van der Waals surface area (Å²) < 4.78 is 5.30. The zero-order valence-corrected chi connectivity index (χ0v) is 17.4. The molecule has 148 valence electrons. The van der Waals surface area contributed by atoms with E-state index in [1.165, 1.54) is 57.8 Å². The highest BCUT2D eigenvalue weighted by molar-refractivity contribution is 5.69. The third-order valence-electron chi connectivity index (χ3n) is 4.81. The molecule has 0 saturated carbocycles. The molecule has 0 spiro atoms. The summed E-state index contributed by atoms with van der Waals surface area (Å²) in [6.45, 7) is 6.99. The molecule has 0 aromatic rings. The van der Waals surface area contributed by atoms with Gasteiger partial charge in [-0.25, -0.2) is 0 Å². The molecule has 0 rings (SSSR count). The van der Waals surface area contributed by atoms with Crippen molar-refractivity contribution in [1.29, 1.82) is 0 Å². The van der Waals surface area contributed by atoms with Gasteiger partial charge in [0, 0.05) is 12.0 Å². The topological polar surface area (TPSA) is 38.3 Å². The van der Waals surface area contributed by atoms with E-state index in [0.29, 0.717) is 13.0 Å². The highest BCUT2D eigenvalue weighted by Crippen LogP contribution is 2.10. The normalized spacial score (nSPS) is 12.0. The van der Waals surface area contributed by atoms with Crippen LogP contribution in [-0.2, 0) is 9.53 Å². The number of carbonyl (C=O) groups excluding carboxylic acids is 1. The molecule has 0 aliphatic rings. The van der Waals surface area contributed by atoms with Crippen LogP contribution in [-0.4, -0.2) is 25.2 Å². The van der Waals surface area contributed by atoms with E-state index >= 15 is 0 Å². The van der Waals surface area contributed by atoms with Crippen LogP contribution in [0.5, 0.6) is 0 Å². The Kier molecular flexibility index (Phi) is 16.1. The number of unbranched alkanes of at least 4 members (excludes halogenated alkanes) is 9. The molecule has 0 atom stereocenters. The van der Waals surface area contributed by atoms with Crippen LogP contribution in [0.4, 0.5) is 0 Å². The molecule has 1 N–H and O–H groups in total. The summed E-state index contributed by atoms with van der Waals surface area (Å²) >= 11 is 0. The third-order valence-corrected chi connectivity index (χ3v) is 4.81. The van der Waals surface area contributed by atoms with Gasteiger partial charge in [-0.1, -0.05) is 57.6 Å². The van der Waals surface area contributed by atoms with E-state index in [2.05, 4.69) is 38.2 Å². The fourth-order valence-corrected chi connectivity index (χ4v) is 2.60. The molecule has 0 unspecified atom stereocenters. The number of esters is 1. The molecule has 0 aromatic carbocycles. The van der Waals surface area contributed by atoms with Crippen LogP contribution in [0, 0.1) is 0 Å². The summed E-state index contributed by atoms with van der Waals surface area (Å²) in [6, 6.07) is 0. The lowest BCUT2D eigenvalue weighted by atomic mass is 10.0. The second kappa shape index (κ2) is 16.6. The monoisotopic (exact) mass is 353 g/mol. The van der Waals surface area contributed by atoms with Crippen molar-refractivity contribution >= 4 is 5.97 Å². The highest BCUT2D eigenvalue weighted by atomic mass is 16.5. The number of hydrogen-bond donors (Lipinski definition) is 1. The molecule has 0 aliphatic heterocycles. The van der Waals surface area contributed by atoms with E-state index in [1.54, 1.807) is 0 Å². The standard InChI is InChI=1S/C22H43NO2/c1-5-6-7-8-9-10-11-12-13-14-15-16-17-18-21(24)25-20-19-22(2,3)23-4/h10-11,23H,5-9,12-20H2,1-4H3/b11-10+. The molecule has 0 amide bonds. The Bertz CT molecular complexity index is 337. The van der Waals surface area contributed by atoms with Crippen molar-refractivity contribution in [3.05, 3.63) is 12.2 Å². The largest absolute Gasteiger partial charge is 0.466 e. The molecule has 25 heavy (non-hydrogen) atoms. The van der Waals surface area contributed by atoms with Crippen molar-refractivity contribution in [3.63, 3.8) is 0 Å². The first-order chi connectivity index (χ1) is 12.0. The van der Waals surface area contributed by atoms with Gasteiger partial charge in [0.25, 0.3) is 0 Å². The van der Waals surface area contributed by atoms with E-state index < -0.39 is 0 Å². The van der Waals surface area contributed by atoms with Crippen molar-refractivity contribution < 1.29 is 9.53 Å². The Morgan fingerprint density at radius 3 is 2.08 bits per heavy atom. The van der Waals surface area contributed by atoms with Crippen LogP contribution in [0.3, 0.4) is 0 Å². The molecule has 0 saturated heterocycles. The van der Waals surface area contributed by atoms with Gasteiger partial charge in [-0.05, 0) is 59.4 Å². The number of carbonyl (C=O) groups is 1. The van der Waals surface area contributed by atoms with Crippen molar-refractivity contribution in [1.82, 2.24) is 5.32 Å². The molecule has 0 radical (unpaired) electrons. The van der Waals surface area contributed by atoms with Crippen LogP contribution in [0.25, 0.3) is 0 Å². The average molecular weight is 354 g/mol. The molecule has 0 heterocycles. The minimum absolute atomic E-state index is 0.0320. The Morgan fingerprint density at radius 1 is 0.920 bits per heavy atom. The lowest BCUT2D eigenvalue weighted by Gasteiger charge is -2.23. The van der Waals surface area contributed by atoms with E-state index in [9.17, 15) is 4.79 Å². The summed E-state index contributed by atoms with van der Waals surface area (Å²) in [4.78, 5) is 11.7. The van der Waals surface area contributed by atoms with E-state index in [1.807, 2.05) is 7.05 Å². The fourth-order valence-electron chi connectivity index (χ4n) is 2.60. The molecule has 0 aliphatic carbocycles. The predicted molar refractivity (Wildman–Crippen MR) is 109 cm³/mol. The lowest BCUT2D eigenvalue weighted by molar-refractivity contribution is -0.144. The maximum Gasteiger partial charge on any atom is 0.305 e. The summed E-state index contributed by atoms with van der Waals surface area (Å²) in [6.07, 6.45) is 19.8. The van der Waals surface area contributed by atoms with E-state index in [4.69, 9.17) is 4.74 Å². The molecule has 3 nitrogen and oxygen atoms in total. The van der Waals surface area contributed by atoms with Gasteiger partial charge < -0.3 is 10.1 Å². The Balaban J connectivity index is 3.32. The first-order valence-electron chi connectivity index (χ1n) is 10.5. The number of nitrogens with one attached hydrogen (secondary N) is 1. The number of ether oxygens (including phenoxy) is 1. The van der Waals surface area contributed by atoms with Gasteiger partial charge in [-0.2, -0.15) is 0 Å². The van der Waals surface area contributed by atoms with Gasteiger partial charge in [0.05, 0.1) is 6.61 Å². The molecule has 3 heteroatoms. The van der Waals surface area contributed by atoms with E-state index in [-0.39, 0.29) is 11.5 Å². The van der Waals surface area contributed by atoms with Gasteiger partial charge in [0.15, 0.2) is 0 Å². The van der Waals surface area contributed by atoms with Gasteiger partial charge >= 0.3 is 5.97 Å². The van der Waals surface area contributed by atoms with Crippen molar-refractivity contribution in [2.75, 3.05) is 13.7 Å². The van der Waals surface area contributed by atoms with Crippen LogP contribution >= 0.6 is 0 Å². The number of rotatable bonds is 17. The SMILES string of the molecule is CCCCCC/C=C/CCCCCCCC(=O)OCCC(C)(C)NC. The predicted octanol–water partition coefficient (Wildman–Crippen LogP) is 6.18. The molecule has 0 fully saturated rings. The van der Waals surface area contributed by atoms with Crippen molar-refractivity contribution in [2.24, 2.45) is 0 Å². The van der Waals surface area contributed by atoms with Crippen molar-refractivity contribution in [3.8, 4) is 0 Å². The maximum absolute atomic E-state index is 11.7. The Morgan fingerprint density at radius 2 is 1.48 bits per heavy atom. The third kappa shape index (κ3) is 17.8. The quantitative estimate of drug-likeness (QED) is 0.193. The molecule has 0 bridgehead atoms. The van der Waals surface area contributed by atoms with Gasteiger partial charge in [-0.15, -0.1) is 0 Å². The summed E-state index contributed by atoms with van der Waals surface area (Å²) in [5.41, 5.74) is 0.0320. The minimum atomic E-state index is -0.0436. The Labute approximate surface area is 157 Å². The summed E-state index contributed by atoms with van der Waals surface area (Å²) in [5.74, 6) is -0.0436. The van der Waals surface area contributed by atoms with Crippen LogP contribution in [0.1, 0.15) is 104 Å². The lowest BCUT2D eigenvalue weighted by Crippen LogP contribution is -2.37. The van der Waals surface area contributed by atoms with Gasteiger partial charge in [-0.3, -0.25) is 4.79 Å². The molecular weight excluding hydrogens is 310 g/mol. The Hall–Kier alpha value is -0.830. The summed E-state index contributed by atoms with van der Waals surface area (Å²) in [7, 11) is 1.94. The van der Waals surface area contributed by atoms with Gasteiger partial charge in [0.2, 0.25) is 0 Å². The molecular formula is C22H43NO2. The highest BCUT2D eigenvalue weighted by Gasteiger charge is 2.15. The second-order valence-electron chi connectivity index (χ2n) is 7.73. The maximum atomic E-state index is 11.7. The van der Waals surface area contributed by atoms with Crippen LogP contribution < -0.4 is 5.32 Å². The summed E-state index contributed by atoms with van der Waals surface area (Å²) in [5, 5.41) is 3.21. The smallest absolute Gasteiger partial charge is 0.305 e. The average Bonchev–Trinajstić information content (AvgIpc) is 2.59. The van der Waals surface area contributed by atoms with Crippen LogP contribution in [0.15, 0.2) is 12.2 Å². The first-order valence-corrected chi connectivity index (χ1v) is 10.5. The zero-order valence-electron chi connectivity index (χ0n) is 17.4. The minimum Gasteiger partial charge on any atom is -0.466 e. The van der Waals surface area contributed by atoms with Crippen LogP contribution in [0.2, 0.25) is 0 Å². The molecule has 0 aromatic heterocycles. The van der Waals surface area contributed by atoms with E-state index in [0.717, 1.165) is 19.3 Å². The zero-order chi connectivity index (χ0) is 18.8. The van der Waals surface area contributed by atoms with Crippen molar-refractivity contribution in [2.45, 2.75) is 110 Å². The second-order valence-corrected chi connectivity index (χ2v) is 7.73. The van der Waals surface area contributed by atoms with Gasteiger partial charge in [0.1, 0.15) is 0 Å².